The molecule has 0 amide bonds. The number of anilines is 2. The van der Waals surface area contributed by atoms with Crippen LogP contribution in [-0.2, 0) is 14.1 Å². The van der Waals surface area contributed by atoms with Crippen molar-refractivity contribution in [1.82, 2.24) is 69.5 Å². The predicted octanol–water partition coefficient (Wildman–Crippen LogP) is 3.80. The van der Waals surface area contributed by atoms with Gasteiger partial charge in [-0.1, -0.05) is 50.2 Å². The van der Waals surface area contributed by atoms with E-state index >= 15 is 0 Å². The molecule has 18 nitrogen and oxygen atoms in total. The van der Waals surface area contributed by atoms with Crippen molar-refractivity contribution in [3.63, 3.8) is 0 Å². The first kappa shape index (κ1) is 37.4. The molecule has 2 unspecified atom stereocenters. The van der Waals surface area contributed by atoms with E-state index in [1.807, 2.05) is 127 Å². The van der Waals surface area contributed by atoms with Gasteiger partial charge in [0.2, 0.25) is 0 Å². The van der Waals surface area contributed by atoms with E-state index in [1.54, 1.807) is 6.33 Å². The van der Waals surface area contributed by atoms with Crippen molar-refractivity contribution in [2.45, 2.75) is 45.7 Å². The molecule has 2 N–H and O–H groups in total. The van der Waals surface area contributed by atoms with Crippen molar-refractivity contribution in [3.8, 4) is 46.0 Å². The lowest BCUT2D eigenvalue weighted by atomic mass is 10.1. The number of nitrogens with one attached hydrogen (secondary N) is 2. The number of aromatic nitrogens is 14. The molecule has 0 saturated carbocycles. The van der Waals surface area contributed by atoms with Crippen molar-refractivity contribution >= 4 is 11.6 Å². The smallest absolute Gasteiger partial charge is 0.280 e. The molecule has 59 heavy (non-hydrogen) atoms. The van der Waals surface area contributed by atoms with Crippen LogP contribution < -0.4 is 30.0 Å². The second kappa shape index (κ2) is 15.3. The van der Waals surface area contributed by atoms with Gasteiger partial charge in [-0.15, -0.1) is 20.4 Å². The van der Waals surface area contributed by atoms with Crippen LogP contribution in [0.2, 0.25) is 0 Å². The van der Waals surface area contributed by atoms with E-state index in [2.05, 4.69) is 93.1 Å². The van der Waals surface area contributed by atoms with Crippen LogP contribution in [0.5, 0.6) is 0 Å². The Labute approximate surface area is 341 Å². The lowest BCUT2D eigenvalue weighted by molar-refractivity contribution is -0.659. The first-order valence-electron chi connectivity index (χ1n) is 19.6. The minimum atomic E-state index is 0.0285. The largest absolute Gasteiger partial charge is 0.328 e. The van der Waals surface area contributed by atoms with E-state index in [0.29, 0.717) is 11.9 Å². The fourth-order valence-corrected chi connectivity index (χ4v) is 8.10. The number of aryl methyl sites for hydroxylation is 3. The van der Waals surface area contributed by atoms with Crippen LogP contribution in [0.15, 0.2) is 104 Å². The zero-order valence-electron chi connectivity index (χ0n) is 34.0. The molecule has 2 aliphatic heterocycles. The molecule has 298 valence electrons. The Morgan fingerprint density at radius 1 is 0.627 bits per heavy atom. The molecule has 0 fully saturated rings. The lowest BCUT2D eigenvalue weighted by Crippen LogP contribution is -2.43. The van der Waals surface area contributed by atoms with Gasteiger partial charge in [-0.05, 0) is 44.0 Å². The third-order valence-corrected chi connectivity index (χ3v) is 10.8. The summed E-state index contributed by atoms with van der Waals surface area (Å²) < 4.78 is 12.2. The zero-order chi connectivity index (χ0) is 40.8. The third-order valence-electron chi connectivity index (χ3n) is 10.8. The zero-order valence-corrected chi connectivity index (χ0v) is 34.0. The van der Waals surface area contributed by atoms with Crippen LogP contribution in [0.25, 0.3) is 46.0 Å². The Balaban J connectivity index is 0.000000152. The van der Waals surface area contributed by atoms with Gasteiger partial charge in [0.1, 0.15) is 60.4 Å². The first-order valence-corrected chi connectivity index (χ1v) is 19.6. The molecule has 8 aromatic rings. The monoisotopic (exact) mass is 790 g/mol. The number of benzene rings is 2. The van der Waals surface area contributed by atoms with Crippen molar-refractivity contribution in [1.29, 1.82) is 0 Å². The predicted molar refractivity (Wildman–Crippen MR) is 220 cm³/mol. The Morgan fingerprint density at radius 3 is 1.66 bits per heavy atom. The highest BCUT2D eigenvalue weighted by Crippen LogP contribution is 2.38. The van der Waals surface area contributed by atoms with Crippen LogP contribution in [0.3, 0.4) is 0 Å². The van der Waals surface area contributed by atoms with Gasteiger partial charge in [-0.2, -0.15) is 29.1 Å². The summed E-state index contributed by atoms with van der Waals surface area (Å²) in [5.41, 5.74) is 10.5. The normalized spacial score (nSPS) is 15.2. The number of hydrogen-bond acceptors (Lipinski definition) is 12. The Bertz CT molecular complexity index is 2750. The van der Waals surface area contributed by atoms with Gasteiger partial charge in [0.25, 0.3) is 11.6 Å². The quantitative estimate of drug-likeness (QED) is 0.215. The van der Waals surface area contributed by atoms with Crippen LogP contribution in [-0.4, -0.2) is 72.7 Å². The molecule has 2 aromatic carbocycles. The summed E-state index contributed by atoms with van der Waals surface area (Å²) in [5, 5.41) is 21.2. The third kappa shape index (κ3) is 6.20. The van der Waals surface area contributed by atoms with Crippen molar-refractivity contribution < 1.29 is 9.13 Å². The van der Waals surface area contributed by atoms with E-state index in [-0.39, 0.29) is 12.1 Å². The highest BCUT2D eigenvalue weighted by Gasteiger charge is 2.37. The molecule has 0 bridgehead atoms. The van der Waals surface area contributed by atoms with Gasteiger partial charge < -0.3 is 0 Å². The molecule has 2 aliphatic rings. The van der Waals surface area contributed by atoms with E-state index < -0.39 is 0 Å². The van der Waals surface area contributed by atoms with Crippen LogP contribution in [0.1, 0.15) is 56.2 Å². The number of fused-ring (bicyclic) bond motifs is 6. The molecule has 10 rings (SSSR count). The number of nitrogens with zero attached hydrogens (tertiary/aromatic N) is 16. The average Bonchev–Trinajstić information content (AvgIpc) is 4.09. The molecule has 0 saturated heterocycles. The van der Waals surface area contributed by atoms with Crippen molar-refractivity contribution in [2.75, 3.05) is 24.1 Å². The Morgan fingerprint density at radius 2 is 1.14 bits per heavy atom. The fraction of sp³-hybridized carbons (Fsp3) is 0.268. The molecule has 8 heterocycles. The summed E-state index contributed by atoms with van der Waals surface area (Å²) in [5.74, 6) is 7.44. The lowest BCUT2D eigenvalue weighted by Gasteiger charge is -2.35. The van der Waals surface area contributed by atoms with E-state index in [0.717, 1.165) is 76.1 Å². The van der Waals surface area contributed by atoms with Gasteiger partial charge in [-0.3, -0.25) is 19.2 Å². The summed E-state index contributed by atoms with van der Waals surface area (Å²) in [6.07, 6.45) is 15.1. The van der Waals surface area contributed by atoms with Crippen molar-refractivity contribution in [3.05, 3.63) is 122 Å². The summed E-state index contributed by atoms with van der Waals surface area (Å²) >= 11 is 0. The molecule has 0 spiro atoms. The summed E-state index contributed by atoms with van der Waals surface area (Å²) in [6, 6.07) is 20.6. The number of rotatable bonds is 8. The topological polar surface area (TPSA) is 161 Å². The summed E-state index contributed by atoms with van der Waals surface area (Å²) in [7, 11) is 7.84. The van der Waals surface area contributed by atoms with Gasteiger partial charge in [-0.25, -0.2) is 20.0 Å². The molecular weight excluding hydrogens is 745 g/mol. The minimum Gasteiger partial charge on any atom is -0.280 e. The number of hydrogen-bond donors (Lipinski definition) is 2. The maximum atomic E-state index is 4.98. The molecule has 6 aromatic heterocycles. The average molecular weight is 791 g/mol. The number of imidazole rings is 2. The fourth-order valence-electron chi connectivity index (χ4n) is 8.10. The maximum Gasteiger partial charge on any atom is 0.328 e. The molecule has 0 aliphatic carbocycles. The van der Waals surface area contributed by atoms with E-state index in [4.69, 9.17) is 15.0 Å². The van der Waals surface area contributed by atoms with Crippen LogP contribution in [0.4, 0.5) is 11.6 Å². The van der Waals surface area contributed by atoms with Gasteiger partial charge in [0.15, 0.2) is 23.3 Å². The highest BCUT2D eigenvalue weighted by molar-refractivity contribution is 5.64. The maximum absolute atomic E-state index is 4.98. The van der Waals surface area contributed by atoms with Crippen LogP contribution in [0, 0.1) is 6.92 Å². The van der Waals surface area contributed by atoms with Gasteiger partial charge >= 0.3 is 11.9 Å². The Hall–Kier alpha value is -7.18. The minimum absolute atomic E-state index is 0.0285. The standard InChI is InChI=1S/C21H24N9.C20H22N9/c1-5-16-19-26-25-14(2)29(19)17-13-23-21(24-18(17)30(16)22-3)28-12-11-27(4)20(28)15-9-7-6-8-10-15;1-4-15-18-25-23-13-28(18)16-12-22-20(24-17(16)29(15)21-2)27-11-10-26(3)19(27)14-8-6-5-7-9-14/h6-13,16,22H,5H2,1-4H3;5-13,15,21H,4H2,1-3H3/q2*+1. The summed E-state index contributed by atoms with van der Waals surface area (Å²) in [4.78, 5) is 19.3. The van der Waals surface area contributed by atoms with E-state index in [1.165, 1.54) is 0 Å². The SMILES string of the molecule is CCC1c2nnc(C)n2-c2cnc(-n3cc[n+](C)c3-c3ccccc3)nc2N1NC.CCC1c2nncn2-c2cnc(-n3cc[n+](C)c3-c3ccccc3)nc2N1NC. The second-order valence-electron chi connectivity index (χ2n) is 14.2. The van der Waals surface area contributed by atoms with Gasteiger partial charge in [0.05, 0.1) is 37.6 Å². The number of hydrazine groups is 2. The van der Waals surface area contributed by atoms with E-state index in [9.17, 15) is 0 Å². The second-order valence-corrected chi connectivity index (χ2v) is 14.2. The summed E-state index contributed by atoms with van der Waals surface area (Å²) in [6.45, 7) is 6.21. The van der Waals surface area contributed by atoms with Gasteiger partial charge in [0, 0.05) is 14.1 Å². The van der Waals surface area contributed by atoms with Crippen LogP contribution >= 0.6 is 0 Å². The first-order chi connectivity index (χ1) is 28.9. The molecular formula is C41H46N18+2. The van der Waals surface area contributed by atoms with Crippen molar-refractivity contribution in [2.24, 2.45) is 14.1 Å². The molecule has 18 heteroatoms. The Kier molecular flexibility index (Phi) is 9.69. The molecule has 2 atom stereocenters. The highest BCUT2D eigenvalue weighted by atomic mass is 15.6. The molecule has 0 radical (unpaired) electrons.